The van der Waals surface area contributed by atoms with Crippen molar-refractivity contribution < 1.29 is 9.59 Å². The van der Waals surface area contributed by atoms with Crippen LogP contribution in [0, 0.1) is 0 Å². The van der Waals surface area contributed by atoms with E-state index in [1.54, 1.807) is 11.8 Å². The van der Waals surface area contributed by atoms with Crippen LogP contribution >= 0.6 is 11.8 Å². The van der Waals surface area contributed by atoms with E-state index in [1.165, 1.54) is 44.9 Å². The van der Waals surface area contributed by atoms with E-state index in [-0.39, 0.29) is 21.7 Å². The zero-order chi connectivity index (χ0) is 27.1. The highest BCUT2D eigenvalue weighted by atomic mass is 32.2. The van der Waals surface area contributed by atoms with Crippen molar-refractivity contribution in [3.63, 3.8) is 0 Å². The molecule has 202 valence electrons. The molecule has 0 radical (unpaired) electrons. The molecule has 3 rings (SSSR count). The highest BCUT2D eigenvalue weighted by molar-refractivity contribution is 8.00. The van der Waals surface area contributed by atoms with Gasteiger partial charge in [-0.25, -0.2) is 0 Å². The third-order valence-electron chi connectivity index (χ3n) is 8.09. The lowest BCUT2D eigenvalue weighted by atomic mass is 9.69. The molecule has 0 amide bonds. The standard InChI is InChI=1S/C34H48O2S/c1-7-10-12-14-23-33(4,5)37-28-21-17-19-26-30(28)32(36)25-18-16-20-27(29(25)31(26)35)34(6,22-9-3)24-15-13-11-8-2/h16-21H,7-15,22-24H2,1-6H3. The van der Waals surface area contributed by atoms with Gasteiger partial charge in [0.15, 0.2) is 11.6 Å². The lowest BCUT2D eigenvalue weighted by Crippen LogP contribution is -2.30. The van der Waals surface area contributed by atoms with Gasteiger partial charge in [-0.2, -0.15) is 0 Å². The minimum atomic E-state index is -0.103. The van der Waals surface area contributed by atoms with Crippen LogP contribution in [-0.4, -0.2) is 16.3 Å². The minimum absolute atomic E-state index is 0.00645. The first kappa shape index (κ1) is 29.7. The van der Waals surface area contributed by atoms with Crippen molar-refractivity contribution in [3.05, 3.63) is 64.2 Å². The van der Waals surface area contributed by atoms with Gasteiger partial charge in [-0.15, -0.1) is 11.8 Å². The van der Waals surface area contributed by atoms with Crippen LogP contribution in [-0.2, 0) is 5.41 Å². The first-order valence-corrected chi connectivity index (χ1v) is 15.6. The highest BCUT2D eigenvalue weighted by Gasteiger charge is 2.38. The Hall–Kier alpha value is -1.87. The molecule has 0 saturated carbocycles. The molecule has 0 N–H and O–H groups in total. The summed E-state index contributed by atoms with van der Waals surface area (Å²) >= 11 is 1.76. The Labute approximate surface area is 230 Å². The van der Waals surface area contributed by atoms with Crippen LogP contribution in [0.15, 0.2) is 41.3 Å². The number of benzene rings is 2. The van der Waals surface area contributed by atoms with Crippen LogP contribution in [0.5, 0.6) is 0 Å². The highest BCUT2D eigenvalue weighted by Crippen LogP contribution is 2.44. The lowest BCUT2D eigenvalue weighted by molar-refractivity contribution is 0.0974. The molecular weight excluding hydrogens is 472 g/mol. The number of carbonyl (C=O) groups excluding carboxylic acids is 2. The van der Waals surface area contributed by atoms with Gasteiger partial charge in [0.05, 0.1) is 0 Å². The number of hydrogen-bond donors (Lipinski definition) is 0. The summed E-state index contributed by atoms with van der Waals surface area (Å²) in [5.74, 6) is 0.0421. The Bertz CT molecular complexity index is 1080. The smallest absolute Gasteiger partial charge is 0.195 e. The molecule has 0 saturated heterocycles. The molecule has 0 aromatic heterocycles. The second kappa shape index (κ2) is 13.3. The van der Waals surface area contributed by atoms with Crippen LogP contribution in [0.1, 0.15) is 156 Å². The van der Waals surface area contributed by atoms with Crippen LogP contribution in [0.2, 0.25) is 0 Å². The number of unbranched alkanes of at least 4 members (excludes halogenated alkanes) is 6. The Morgan fingerprint density at radius 2 is 1.19 bits per heavy atom. The molecule has 0 fully saturated rings. The molecule has 1 aliphatic carbocycles. The molecule has 2 nitrogen and oxygen atoms in total. The fraction of sp³-hybridized carbons (Fsp3) is 0.588. The third-order valence-corrected chi connectivity index (χ3v) is 9.40. The van der Waals surface area contributed by atoms with Gasteiger partial charge < -0.3 is 0 Å². The topological polar surface area (TPSA) is 34.1 Å². The van der Waals surface area contributed by atoms with Crippen molar-refractivity contribution >= 4 is 23.3 Å². The number of hydrogen-bond acceptors (Lipinski definition) is 3. The molecule has 0 bridgehead atoms. The summed E-state index contributed by atoms with van der Waals surface area (Å²) in [5.41, 5.74) is 3.42. The molecule has 0 aliphatic heterocycles. The molecule has 1 unspecified atom stereocenters. The average Bonchev–Trinajstić information content (AvgIpc) is 2.87. The molecule has 0 spiro atoms. The second-order valence-corrected chi connectivity index (χ2v) is 13.6. The van der Waals surface area contributed by atoms with Gasteiger partial charge in [0.1, 0.15) is 0 Å². The Morgan fingerprint density at radius 3 is 1.81 bits per heavy atom. The first-order chi connectivity index (χ1) is 17.7. The second-order valence-electron chi connectivity index (χ2n) is 11.9. The summed E-state index contributed by atoms with van der Waals surface area (Å²) in [7, 11) is 0. The van der Waals surface area contributed by atoms with Crippen molar-refractivity contribution in [2.75, 3.05) is 0 Å². The molecule has 2 aromatic rings. The molecule has 1 atom stereocenters. The van der Waals surface area contributed by atoms with Crippen molar-refractivity contribution in [3.8, 4) is 0 Å². The molecule has 0 heterocycles. The Morgan fingerprint density at radius 1 is 0.622 bits per heavy atom. The van der Waals surface area contributed by atoms with E-state index in [9.17, 15) is 9.59 Å². The average molecular weight is 521 g/mol. The zero-order valence-electron chi connectivity index (χ0n) is 24.2. The summed E-state index contributed by atoms with van der Waals surface area (Å²) in [6.07, 6.45) is 14.0. The van der Waals surface area contributed by atoms with E-state index < -0.39 is 0 Å². The fourth-order valence-corrected chi connectivity index (χ4v) is 7.31. The summed E-state index contributed by atoms with van der Waals surface area (Å²) in [4.78, 5) is 29.1. The molecular formula is C34H48O2S. The SMILES string of the molecule is CCCCCCC(C)(C)Sc1cccc2c1C(=O)c1cccc(C(C)(CCC)CCCCCC)c1C2=O. The number of thioether (sulfide) groups is 1. The summed E-state index contributed by atoms with van der Waals surface area (Å²) in [6.45, 7) is 13.5. The molecule has 37 heavy (non-hydrogen) atoms. The van der Waals surface area contributed by atoms with Gasteiger partial charge in [-0.3, -0.25) is 9.59 Å². The molecule has 2 aromatic carbocycles. The quantitative estimate of drug-likeness (QED) is 0.148. The van der Waals surface area contributed by atoms with E-state index in [0.717, 1.165) is 42.6 Å². The van der Waals surface area contributed by atoms with Gasteiger partial charge in [0, 0.05) is 31.9 Å². The van der Waals surface area contributed by atoms with Gasteiger partial charge in [-0.1, -0.05) is 130 Å². The van der Waals surface area contributed by atoms with Crippen molar-refractivity contribution in [1.82, 2.24) is 0 Å². The molecule has 1 aliphatic rings. The fourth-order valence-electron chi connectivity index (χ4n) is 6.01. The summed E-state index contributed by atoms with van der Waals surface area (Å²) in [6, 6.07) is 11.9. The number of carbonyl (C=O) groups is 2. The monoisotopic (exact) mass is 520 g/mol. The lowest BCUT2D eigenvalue weighted by Gasteiger charge is -2.34. The molecule has 3 heteroatoms. The normalized spacial score (nSPS) is 14.9. The van der Waals surface area contributed by atoms with Crippen molar-refractivity contribution in [2.45, 2.75) is 134 Å². The van der Waals surface area contributed by atoms with Crippen molar-refractivity contribution in [2.24, 2.45) is 0 Å². The maximum absolute atomic E-state index is 14.1. The Kier molecular flexibility index (Phi) is 10.6. The van der Waals surface area contributed by atoms with Gasteiger partial charge in [0.2, 0.25) is 0 Å². The largest absolute Gasteiger partial charge is 0.289 e. The maximum atomic E-state index is 14.1. The van der Waals surface area contributed by atoms with Crippen molar-refractivity contribution in [1.29, 1.82) is 0 Å². The van der Waals surface area contributed by atoms with Crippen LogP contribution < -0.4 is 0 Å². The minimum Gasteiger partial charge on any atom is -0.289 e. The van der Waals surface area contributed by atoms with Crippen LogP contribution in [0.25, 0.3) is 0 Å². The maximum Gasteiger partial charge on any atom is 0.195 e. The van der Waals surface area contributed by atoms with Crippen LogP contribution in [0.3, 0.4) is 0 Å². The Balaban J connectivity index is 1.98. The predicted octanol–water partition coefficient (Wildman–Crippen LogP) is 10.3. The van der Waals surface area contributed by atoms with E-state index in [1.807, 2.05) is 30.3 Å². The third kappa shape index (κ3) is 6.96. The van der Waals surface area contributed by atoms with Crippen LogP contribution in [0.4, 0.5) is 0 Å². The van der Waals surface area contributed by atoms with Gasteiger partial charge in [0.25, 0.3) is 0 Å². The van der Waals surface area contributed by atoms with E-state index in [2.05, 4.69) is 47.6 Å². The number of rotatable bonds is 15. The number of fused-ring (bicyclic) bond motifs is 2. The first-order valence-electron chi connectivity index (χ1n) is 14.7. The number of ketones is 2. The van der Waals surface area contributed by atoms with Gasteiger partial charge in [-0.05, 0) is 36.3 Å². The predicted molar refractivity (Wildman–Crippen MR) is 159 cm³/mol. The van der Waals surface area contributed by atoms with E-state index in [4.69, 9.17) is 0 Å². The van der Waals surface area contributed by atoms with E-state index >= 15 is 0 Å². The summed E-state index contributed by atoms with van der Waals surface area (Å²) < 4.78 is 0.00645. The summed E-state index contributed by atoms with van der Waals surface area (Å²) in [5, 5.41) is 0. The zero-order valence-corrected chi connectivity index (χ0v) is 25.0. The van der Waals surface area contributed by atoms with E-state index in [0.29, 0.717) is 22.3 Å². The van der Waals surface area contributed by atoms with Gasteiger partial charge >= 0.3 is 0 Å².